The summed E-state index contributed by atoms with van der Waals surface area (Å²) in [6.07, 6.45) is 4.47. The van der Waals surface area contributed by atoms with Gasteiger partial charge in [-0.25, -0.2) is 9.78 Å². The van der Waals surface area contributed by atoms with Crippen molar-refractivity contribution in [1.82, 2.24) is 4.98 Å². The highest BCUT2D eigenvalue weighted by Crippen LogP contribution is 2.42. The number of esters is 1. The number of fused-ring (bicyclic) bond motifs is 1. The third-order valence-electron chi connectivity index (χ3n) is 4.47. The SMILES string of the molecule is C=C(CC(C)C)C1C=C(C#N)c2cc(-c3ncc(C(=O)OCC)s3)ccc21. The Morgan fingerprint density at radius 1 is 1.44 bits per heavy atom. The van der Waals surface area contributed by atoms with Crippen LogP contribution in [0.15, 0.2) is 42.6 Å². The fraction of sp³-hybridized carbons (Fsp3) is 0.318. The summed E-state index contributed by atoms with van der Waals surface area (Å²) in [4.78, 5) is 16.7. The summed E-state index contributed by atoms with van der Waals surface area (Å²) < 4.78 is 5.03. The van der Waals surface area contributed by atoms with Gasteiger partial charge in [0.25, 0.3) is 0 Å². The van der Waals surface area contributed by atoms with Gasteiger partial charge in [0.1, 0.15) is 9.88 Å². The molecule has 138 valence electrons. The van der Waals surface area contributed by atoms with E-state index in [2.05, 4.69) is 31.5 Å². The minimum absolute atomic E-state index is 0.0810. The second-order valence-electron chi connectivity index (χ2n) is 6.98. The van der Waals surface area contributed by atoms with Gasteiger partial charge in [-0.05, 0) is 36.5 Å². The van der Waals surface area contributed by atoms with Gasteiger partial charge >= 0.3 is 5.97 Å². The van der Waals surface area contributed by atoms with E-state index in [1.54, 1.807) is 13.1 Å². The van der Waals surface area contributed by atoms with E-state index in [-0.39, 0.29) is 11.9 Å². The predicted molar refractivity (Wildman–Crippen MR) is 108 cm³/mol. The monoisotopic (exact) mass is 378 g/mol. The zero-order valence-corrected chi connectivity index (χ0v) is 16.6. The number of hydrogen-bond acceptors (Lipinski definition) is 5. The highest BCUT2D eigenvalue weighted by Gasteiger charge is 2.26. The van der Waals surface area contributed by atoms with Gasteiger partial charge in [-0.2, -0.15) is 5.26 Å². The summed E-state index contributed by atoms with van der Waals surface area (Å²) in [5.41, 5.74) is 4.73. The molecule has 0 saturated carbocycles. The van der Waals surface area contributed by atoms with Crippen LogP contribution in [0, 0.1) is 17.2 Å². The second kappa shape index (κ2) is 7.89. The number of rotatable bonds is 6. The zero-order valence-electron chi connectivity index (χ0n) is 15.8. The molecule has 1 atom stereocenters. The van der Waals surface area contributed by atoms with E-state index < -0.39 is 0 Å². The Morgan fingerprint density at radius 2 is 2.22 bits per heavy atom. The number of allylic oxidation sites excluding steroid dienone is 3. The maximum absolute atomic E-state index is 11.9. The van der Waals surface area contributed by atoms with E-state index in [4.69, 9.17) is 4.74 Å². The molecular formula is C22H22N2O2S. The Balaban J connectivity index is 1.93. The molecule has 1 unspecified atom stereocenters. The summed E-state index contributed by atoms with van der Waals surface area (Å²) in [7, 11) is 0. The van der Waals surface area contributed by atoms with Crippen LogP contribution in [-0.2, 0) is 4.74 Å². The minimum atomic E-state index is -0.356. The van der Waals surface area contributed by atoms with Crippen molar-refractivity contribution in [3.05, 3.63) is 58.6 Å². The number of carbonyl (C=O) groups excluding carboxylic acids is 1. The third kappa shape index (κ3) is 3.86. The van der Waals surface area contributed by atoms with Gasteiger partial charge in [-0.3, -0.25) is 0 Å². The fourth-order valence-electron chi connectivity index (χ4n) is 3.33. The molecule has 0 amide bonds. The van der Waals surface area contributed by atoms with Crippen molar-refractivity contribution in [3.8, 4) is 16.6 Å². The fourth-order valence-corrected chi connectivity index (χ4v) is 4.14. The number of hydrogen-bond donors (Lipinski definition) is 0. The largest absolute Gasteiger partial charge is 0.462 e. The molecule has 1 aromatic carbocycles. The molecule has 0 fully saturated rings. The summed E-state index contributed by atoms with van der Waals surface area (Å²) in [6.45, 7) is 10.7. The van der Waals surface area contributed by atoms with Gasteiger partial charge in [-0.1, -0.05) is 44.2 Å². The molecule has 3 rings (SSSR count). The lowest BCUT2D eigenvalue weighted by atomic mass is 9.88. The van der Waals surface area contributed by atoms with Gasteiger partial charge in [0.15, 0.2) is 0 Å². The molecule has 0 bridgehead atoms. The Bertz CT molecular complexity index is 963. The van der Waals surface area contributed by atoms with Crippen LogP contribution in [0.1, 0.15) is 53.9 Å². The van der Waals surface area contributed by atoms with Gasteiger partial charge in [0.2, 0.25) is 0 Å². The van der Waals surface area contributed by atoms with Gasteiger partial charge in [-0.15, -0.1) is 11.3 Å². The highest BCUT2D eigenvalue weighted by atomic mass is 32.1. The highest BCUT2D eigenvalue weighted by molar-refractivity contribution is 7.16. The van der Waals surface area contributed by atoms with Crippen LogP contribution in [0.3, 0.4) is 0 Å². The number of ether oxygens (including phenoxy) is 1. The van der Waals surface area contributed by atoms with Crippen LogP contribution in [0.4, 0.5) is 0 Å². The van der Waals surface area contributed by atoms with Crippen molar-refractivity contribution in [2.75, 3.05) is 6.61 Å². The quantitative estimate of drug-likeness (QED) is 0.485. The number of benzene rings is 1. The van der Waals surface area contributed by atoms with Crippen molar-refractivity contribution in [2.24, 2.45) is 5.92 Å². The molecule has 1 aliphatic rings. The first-order chi connectivity index (χ1) is 12.9. The van der Waals surface area contributed by atoms with E-state index in [1.165, 1.54) is 11.3 Å². The number of thiazole rings is 1. The maximum atomic E-state index is 11.9. The Kier molecular flexibility index (Phi) is 5.57. The van der Waals surface area contributed by atoms with Crippen molar-refractivity contribution in [2.45, 2.75) is 33.1 Å². The summed E-state index contributed by atoms with van der Waals surface area (Å²) >= 11 is 1.30. The lowest BCUT2D eigenvalue weighted by molar-refractivity contribution is 0.0532. The first-order valence-electron chi connectivity index (χ1n) is 9.01. The van der Waals surface area contributed by atoms with Crippen molar-refractivity contribution in [3.63, 3.8) is 0 Å². The van der Waals surface area contributed by atoms with Crippen molar-refractivity contribution < 1.29 is 9.53 Å². The van der Waals surface area contributed by atoms with Gasteiger partial charge < -0.3 is 4.74 Å². The van der Waals surface area contributed by atoms with E-state index in [0.717, 1.165) is 33.7 Å². The summed E-state index contributed by atoms with van der Waals surface area (Å²) in [5.74, 6) is 0.249. The Hall–Kier alpha value is -2.71. The second-order valence-corrected chi connectivity index (χ2v) is 8.01. The molecule has 0 spiro atoms. The molecule has 4 nitrogen and oxygen atoms in total. The maximum Gasteiger partial charge on any atom is 0.349 e. The predicted octanol–water partition coefficient (Wildman–Crippen LogP) is 5.59. The molecule has 0 N–H and O–H groups in total. The van der Waals surface area contributed by atoms with Crippen LogP contribution >= 0.6 is 11.3 Å². The number of aromatic nitrogens is 1. The normalized spacial score (nSPS) is 15.2. The molecule has 2 aromatic rings. The molecule has 5 heteroatoms. The van der Waals surface area contributed by atoms with Crippen LogP contribution < -0.4 is 0 Å². The zero-order chi connectivity index (χ0) is 19.6. The van der Waals surface area contributed by atoms with E-state index in [9.17, 15) is 10.1 Å². The van der Waals surface area contributed by atoms with E-state index in [0.29, 0.717) is 23.0 Å². The van der Waals surface area contributed by atoms with Crippen LogP contribution in [0.2, 0.25) is 0 Å². The number of nitrogens with zero attached hydrogens (tertiary/aromatic N) is 2. The van der Waals surface area contributed by atoms with Crippen molar-refractivity contribution in [1.29, 1.82) is 5.26 Å². The molecule has 0 aliphatic heterocycles. The van der Waals surface area contributed by atoms with E-state index in [1.807, 2.05) is 24.3 Å². The molecule has 1 aromatic heterocycles. The van der Waals surface area contributed by atoms with Crippen LogP contribution in [0.25, 0.3) is 16.1 Å². The summed E-state index contributed by atoms with van der Waals surface area (Å²) in [6, 6.07) is 8.34. The first-order valence-corrected chi connectivity index (χ1v) is 9.83. The van der Waals surface area contributed by atoms with Crippen LogP contribution in [-0.4, -0.2) is 17.6 Å². The Labute approximate surface area is 163 Å². The summed E-state index contributed by atoms with van der Waals surface area (Å²) in [5, 5.41) is 10.3. The molecule has 27 heavy (non-hydrogen) atoms. The molecular weight excluding hydrogens is 356 g/mol. The first kappa shape index (κ1) is 19.1. The lowest BCUT2D eigenvalue weighted by Gasteiger charge is -2.16. The standard InChI is InChI=1S/C22H22N2O2S/c1-5-26-22(25)20-12-24-21(27-20)15-6-7-17-18(14(4)8-13(2)3)10-16(11-23)19(17)9-15/h6-7,9-10,12-13,18H,4-5,8H2,1-3H3. The number of nitriles is 1. The van der Waals surface area contributed by atoms with Gasteiger partial charge in [0, 0.05) is 11.5 Å². The third-order valence-corrected chi connectivity index (χ3v) is 5.50. The van der Waals surface area contributed by atoms with Gasteiger partial charge in [0.05, 0.1) is 24.4 Å². The van der Waals surface area contributed by atoms with Crippen molar-refractivity contribution >= 4 is 22.9 Å². The molecule has 1 heterocycles. The molecule has 0 saturated heterocycles. The average molecular weight is 378 g/mol. The molecule has 0 radical (unpaired) electrons. The van der Waals surface area contributed by atoms with Crippen LogP contribution in [0.5, 0.6) is 0 Å². The minimum Gasteiger partial charge on any atom is -0.462 e. The van der Waals surface area contributed by atoms with E-state index >= 15 is 0 Å². The lowest BCUT2D eigenvalue weighted by Crippen LogP contribution is -2.01. The Morgan fingerprint density at radius 3 is 2.89 bits per heavy atom. The smallest absolute Gasteiger partial charge is 0.349 e. The number of carbonyl (C=O) groups is 1. The average Bonchev–Trinajstić information content (AvgIpc) is 3.26. The topological polar surface area (TPSA) is 63.0 Å². The molecule has 1 aliphatic carbocycles.